The number of carboxylic acid groups (broad SMARTS) is 1. The van der Waals surface area contributed by atoms with E-state index in [1.165, 1.54) is 0 Å². The summed E-state index contributed by atoms with van der Waals surface area (Å²) in [5.74, 6) is 0.543. The lowest BCUT2D eigenvalue weighted by atomic mass is 9.95. The summed E-state index contributed by atoms with van der Waals surface area (Å²) < 4.78 is 11.2. The Bertz CT molecular complexity index is 1050. The second kappa shape index (κ2) is 11.0. The van der Waals surface area contributed by atoms with Crippen molar-refractivity contribution in [2.24, 2.45) is 5.92 Å². The van der Waals surface area contributed by atoms with Crippen LogP contribution in [0.3, 0.4) is 0 Å². The standard InChI is InChI=1S/C26H27NO5/c1-3-19(26(29)30)15-18-9-14-24(31-2)21(16-18)17-27-25(28)20-10-12-23(13-11-20)32-22-7-5-4-6-8-22/h4-14,16,19H,3,15,17H2,1-2H3,(H,27,28)(H,29,30). The molecular formula is C26H27NO5. The van der Waals surface area contributed by atoms with E-state index in [0.717, 1.165) is 16.9 Å². The van der Waals surface area contributed by atoms with Gasteiger partial charge in [-0.25, -0.2) is 0 Å². The molecule has 0 aliphatic heterocycles. The molecule has 0 spiro atoms. The number of methoxy groups -OCH3 is 1. The van der Waals surface area contributed by atoms with Gasteiger partial charge in [0, 0.05) is 17.7 Å². The number of rotatable bonds is 10. The quantitative estimate of drug-likeness (QED) is 0.466. The van der Waals surface area contributed by atoms with Gasteiger partial charge < -0.3 is 19.9 Å². The predicted molar refractivity (Wildman–Crippen MR) is 122 cm³/mol. The van der Waals surface area contributed by atoms with Crippen molar-refractivity contribution in [2.75, 3.05) is 7.11 Å². The molecule has 3 rings (SSSR count). The van der Waals surface area contributed by atoms with Gasteiger partial charge in [0.05, 0.1) is 13.0 Å². The third kappa shape index (κ3) is 6.11. The second-order valence-electron chi connectivity index (χ2n) is 7.42. The number of amides is 1. The zero-order chi connectivity index (χ0) is 22.9. The molecule has 0 aliphatic carbocycles. The van der Waals surface area contributed by atoms with Crippen molar-refractivity contribution in [2.45, 2.75) is 26.3 Å². The van der Waals surface area contributed by atoms with Crippen LogP contribution in [0.4, 0.5) is 0 Å². The zero-order valence-electron chi connectivity index (χ0n) is 18.2. The van der Waals surface area contributed by atoms with Gasteiger partial charge in [0.2, 0.25) is 0 Å². The molecule has 3 aromatic rings. The largest absolute Gasteiger partial charge is 0.496 e. The van der Waals surface area contributed by atoms with Gasteiger partial charge in [-0.1, -0.05) is 37.3 Å². The maximum absolute atomic E-state index is 12.6. The Kier molecular flexibility index (Phi) is 7.86. The maximum Gasteiger partial charge on any atom is 0.306 e. The zero-order valence-corrected chi connectivity index (χ0v) is 18.2. The molecule has 0 radical (unpaired) electrons. The Morgan fingerprint density at radius 2 is 1.66 bits per heavy atom. The van der Waals surface area contributed by atoms with Crippen molar-refractivity contribution in [1.82, 2.24) is 5.32 Å². The summed E-state index contributed by atoms with van der Waals surface area (Å²) in [4.78, 5) is 24.0. The molecule has 166 valence electrons. The normalized spacial score (nSPS) is 11.4. The van der Waals surface area contributed by atoms with Gasteiger partial charge in [0.1, 0.15) is 17.2 Å². The lowest BCUT2D eigenvalue weighted by Crippen LogP contribution is -2.23. The summed E-state index contributed by atoms with van der Waals surface area (Å²) in [6, 6.07) is 21.9. The molecule has 1 atom stereocenters. The highest BCUT2D eigenvalue weighted by molar-refractivity contribution is 5.94. The van der Waals surface area contributed by atoms with Crippen molar-refractivity contribution >= 4 is 11.9 Å². The van der Waals surface area contributed by atoms with Crippen molar-refractivity contribution in [3.05, 3.63) is 89.5 Å². The van der Waals surface area contributed by atoms with Gasteiger partial charge in [-0.3, -0.25) is 9.59 Å². The van der Waals surface area contributed by atoms with E-state index in [1.807, 2.05) is 49.4 Å². The average molecular weight is 434 g/mol. The Labute approximate surface area is 187 Å². The number of hydrogen-bond donors (Lipinski definition) is 2. The van der Waals surface area contributed by atoms with Crippen LogP contribution in [-0.4, -0.2) is 24.1 Å². The third-order valence-corrected chi connectivity index (χ3v) is 5.20. The number of aliphatic carboxylic acids is 1. The van der Waals surface area contributed by atoms with E-state index in [-0.39, 0.29) is 12.5 Å². The number of para-hydroxylation sites is 1. The molecule has 1 unspecified atom stereocenters. The van der Waals surface area contributed by atoms with Crippen molar-refractivity contribution in [3.63, 3.8) is 0 Å². The number of hydrogen-bond acceptors (Lipinski definition) is 4. The Morgan fingerprint density at radius 3 is 2.28 bits per heavy atom. The maximum atomic E-state index is 12.6. The predicted octanol–water partition coefficient (Wildman–Crippen LogP) is 5.07. The van der Waals surface area contributed by atoms with Gasteiger partial charge in [0.25, 0.3) is 5.91 Å². The Hall–Kier alpha value is -3.80. The minimum atomic E-state index is -0.808. The fraction of sp³-hybridized carbons (Fsp3) is 0.231. The monoisotopic (exact) mass is 433 g/mol. The average Bonchev–Trinajstić information content (AvgIpc) is 2.82. The van der Waals surface area contributed by atoms with Crippen LogP contribution >= 0.6 is 0 Å². The van der Waals surface area contributed by atoms with Crippen LogP contribution in [0.5, 0.6) is 17.2 Å². The number of ether oxygens (including phenoxy) is 2. The first kappa shape index (κ1) is 22.9. The molecule has 0 saturated heterocycles. The molecule has 2 N–H and O–H groups in total. The molecule has 0 fully saturated rings. The SMILES string of the molecule is CCC(Cc1ccc(OC)c(CNC(=O)c2ccc(Oc3ccccc3)cc2)c1)C(=O)O. The summed E-state index contributed by atoms with van der Waals surface area (Å²) in [7, 11) is 1.57. The van der Waals surface area contributed by atoms with E-state index >= 15 is 0 Å². The summed E-state index contributed by atoms with van der Waals surface area (Å²) in [5.41, 5.74) is 2.20. The number of nitrogens with one attached hydrogen (secondary N) is 1. The molecule has 1 amide bonds. The smallest absolute Gasteiger partial charge is 0.306 e. The molecule has 6 nitrogen and oxygen atoms in total. The van der Waals surface area contributed by atoms with Crippen molar-refractivity contribution < 1.29 is 24.2 Å². The summed E-state index contributed by atoms with van der Waals surface area (Å²) in [6.45, 7) is 2.13. The summed E-state index contributed by atoms with van der Waals surface area (Å²) in [6.07, 6.45) is 0.983. The van der Waals surface area contributed by atoms with Gasteiger partial charge in [0.15, 0.2) is 0 Å². The molecular weight excluding hydrogens is 406 g/mol. The third-order valence-electron chi connectivity index (χ3n) is 5.20. The first-order valence-corrected chi connectivity index (χ1v) is 10.5. The fourth-order valence-electron chi connectivity index (χ4n) is 3.36. The first-order chi connectivity index (χ1) is 15.5. The van der Waals surface area contributed by atoms with Crippen LogP contribution in [0.25, 0.3) is 0 Å². The Balaban J connectivity index is 1.64. The van der Waals surface area contributed by atoms with E-state index in [4.69, 9.17) is 9.47 Å². The molecule has 3 aromatic carbocycles. The van der Waals surface area contributed by atoms with E-state index in [0.29, 0.717) is 29.9 Å². The van der Waals surface area contributed by atoms with Gasteiger partial charge >= 0.3 is 5.97 Å². The minimum absolute atomic E-state index is 0.222. The number of benzene rings is 3. The van der Waals surface area contributed by atoms with E-state index in [9.17, 15) is 14.7 Å². The highest BCUT2D eigenvalue weighted by Crippen LogP contribution is 2.23. The molecule has 0 bridgehead atoms. The lowest BCUT2D eigenvalue weighted by molar-refractivity contribution is -0.141. The second-order valence-corrected chi connectivity index (χ2v) is 7.42. The van der Waals surface area contributed by atoms with Gasteiger partial charge in [-0.2, -0.15) is 0 Å². The minimum Gasteiger partial charge on any atom is -0.496 e. The van der Waals surface area contributed by atoms with E-state index in [1.54, 1.807) is 37.4 Å². The van der Waals surface area contributed by atoms with E-state index < -0.39 is 11.9 Å². The topological polar surface area (TPSA) is 84.9 Å². The number of carbonyl (C=O) groups is 2. The molecule has 0 aromatic heterocycles. The molecule has 0 heterocycles. The van der Waals surface area contributed by atoms with Crippen LogP contribution in [0.2, 0.25) is 0 Å². The van der Waals surface area contributed by atoms with Crippen LogP contribution in [0, 0.1) is 5.92 Å². The van der Waals surface area contributed by atoms with E-state index in [2.05, 4.69) is 5.32 Å². The van der Waals surface area contributed by atoms with Crippen molar-refractivity contribution in [1.29, 1.82) is 0 Å². The summed E-state index contributed by atoms with van der Waals surface area (Å²) >= 11 is 0. The molecule has 6 heteroatoms. The fourth-order valence-corrected chi connectivity index (χ4v) is 3.36. The number of carbonyl (C=O) groups excluding carboxylic acids is 1. The van der Waals surface area contributed by atoms with Crippen molar-refractivity contribution in [3.8, 4) is 17.2 Å². The highest BCUT2D eigenvalue weighted by atomic mass is 16.5. The highest BCUT2D eigenvalue weighted by Gasteiger charge is 2.17. The van der Waals surface area contributed by atoms with Gasteiger partial charge in [-0.15, -0.1) is 0 Å². The van der Waals surface area contributed by atoms with Crippen LogP contribution in [-0.2, 0) is 17.8 Å². The summed E-state index contributed by atoms with van der Waals surface area (Å²) in [5, 5.41) is 12.2. The lowest BCUT2D eigenvalue weighted by Gasteiger charge is -2.14. The first-order valence-electron chi connectivity index (χ1n) is 10.5. The van der Waals surface area contributed by atoms with Crippen LogP contribution in [0.1, 0.15) is 34.8 Å². The molecule has 0 saturated carbocycles. The molecule has 32 heavy (non-hydrogen) atoms. The van der Waals surface area contributed by atoms with Crippen LogP contribution in [0.15, 0.2) is 72.8 Å². The van der Waals surface area contributed by atoms with Crippen LogP contribution < -0.4 is 14.8 Å². The Morgan fingerprint density at radius 1 is 0.969 bits per heavy atom. The van der Waals surface area contributed by atoms with Gasteiger partial charge in [-0.05, 0) is 60.9 Å². The number of carboxylic acids is 1. The molecule has 0 aliphatic rings.